The first-order valence-corrected chi connectivity index (χ1v) is 8.27. The molecule has 28 heavy (non-hydrogen) atoms. The summed E-state index contributed by atoms with van der Waals surface area (Å²) in [5, 5.41) is 21.3. The van der Waals surface area contributed by atoms with Crippen LogP contribution in [0.3, 0.4) is 0 Å². The molecule has 0 fully saturated rings. The quantitative estimate of drug-likeness (QED) is 0.252. The zero-order valence-electron chi connectivity index (χ0n) is 15.0. The number of aromatic amines is 1. The second-order valence-electron chi connectivity index (χ2n) is 5.03. The van der Waals surface area contributed by atoms with Crippen LogP contribution < -0.4 is 69.8 Å². The Hall–Kier alpha value is -1.37. The van der Waals surface area contributed by atoms with Crippen LogP contribution in [0.4, 0.5) is 11.4 Å². The molecule has 0 aliphatic heterocycles. The predicted octanol–water partition coefficient (Wildman–Crippen LogP) is -4.81. The minimum absolute atomic E-state index is 0. The van der Waals surface area contributed by atoms with Gasteiger partial charge in [0.25, 0.3) is 5.56 Å². The first-order valence-electron chi connectivity index (χ1n) is 7.20. The molecular weight excluding hydrogens is 406 g/mol. The molecule has 0 bridgehead atoms. The van der Waals surface area contributed by atoms with Gasteiger partial charge in [-0.3, -0.25) is 14.1 Å². The van der Waals surface area contributed by atoms with E-state index in [0.717, 1.165) is 4.68 Å². The van der Waals surface area contributed by atoms with Gasteiger partial charge < -0.3 is 14.5 Å². The Morgan fingerprint density at radius 3 is 2.14 bits per heavy atom. The van der Waals surface area contributed by atoms with Crippen molar-refractivity contribution in [3.8, 4) is 5.69 Å². The van der Waals surface area contributed by atoms with E-state index in [-0.39, 0.29) is 69.7 Å². The average Bonchev–Trinajstić information content (AvgIpc) is 2.97. The van der Waals surface area contributed by atoms with Gasteiger partial charge in [0.1, 0.15) is 5.69 Å². The average molecular weight is 416 g/mol. The van der Waals surface area contributed by atoms with Crippen molar-refractivity contribution in [1.29, 1.82) is 0 Å². The molecule has 1 N–H and O–H groups in total. The van der Waals surface area contributed by atoms with E-state index in [1.54, 1.807) is 30.3 Å². The topological polar surface area (TPSA) is 143 Å². The number of H-pyrrole nitrogens is 1. The first-order chi connectivity index (χ1) is 12.5. The number of rotatable bonds is 5. The molecule has 1 atom stereocenters. The molecule has 0 amide bonds. The molecule has 0 saturated heterocycles. The van der Waals surface area contributed by atoms with E-state index >= 15 is 0 Å². The number of hydrogen-bond donors (Lipinski definition) is 1. The molecule has 2 aromatic carbocycles. The van der Waals surface area contributed by atoms with E-state index in [2.05, 4.69) is 15.3 Å². The Bertz CT molecular complexity index is 1060. The van der Waals surface area contributed by atoms with Gasteiger partial charge in [-0.2, -0.15) is 5.11 Å². The van der Waals surface area contributed by atoms with E-state index in [0.29, 0.717) is 5.69 Å². The third-order valence-corrected chi connectivity index (χ3v) is 4.04. The number of hydrogen-bond acceptors (Lipinski definition) is 7. The summed E-state index contributed by atoms with van der Waals surface area (Å²) in [7, 11) is 0. The number of nitrogens with one attached hydrogen (secondary N) is 1. The number of carboxylic acids is 1. The van der Waals surface area contributed by atoms with Gasteiger partial charge in [0.2, 0.25) is 0 Å². The minimum atomic E-state index is -2.41. The van der Waals surface area contributed by atoms with Crippen LogP contribution in [-0.2, 0) is 11.1 Å². The van der Waals surface area contributed by atoms with Gasteiger partial charge in [-0.1, -0.05) is 18.2 Å². The van der Waals surface area contributed by atoms with E-state index in [1.807, 2.05) is 0 Å². The van der Waals surface area contributed by atoms with Crippen molar-refractivity contribution in [2.45, 2.75) is 4.90 Å². The Labute approximate surface area is 205 Å². The second kappa shape index (κ2) is 11.0. The molecule has 12 heteroatoms. The van der Waals surface area contributed by atoms with Gasteiger partial charge >= 0.3 is 59.1 Å². The van der Waals surface area contributed by atoms with Crippen molar-refractivity contribution in [2.24, 2.45) is 10.2 Å². The number of aromatic nitrogens is 2. The van der Waals surface area contributed by atoms with Gasteiger partial charge in [-0.15, -0.1) is 5.11 Å². The number of aromatic carboxylic acids is 1. The number of benzene rings is 2. The Morgan fingerprint density at radius 1 is 1.00 bits per heavy atom. The Balaban J connectivity index is 0.00000196. The fourth-order valence-electron chi connectivity index (χ4n) is 2.15. The van der Waals surface area contributed by atoms with E-state index in [1.165, 1.54) is 24.3 Å². The predicted molar refractivity (Wildman–Crippen MR) is 88.5 cm³/mol. The van der Waals surface area contributed by atoms with Crippen molar-refractivity contribution in [3.05, 3.63) is 70.6 Å². The van der Waals surface area contributed by atoms with Crippen molar-refractivity contribution in [3.63, 3.8) is 0 Å². The molecule has 0 saturated carbocycles. The maximum atomic E-state index is 12.5. The molecule has 0 spiro atoms. The molecular formula is C16H10N4Na2O5S. The molecule has 0 radical (unpaired) electrons. The third kappa shape index (κ3) is 5.58. The molecule has 132 valence electrons. The van der Waals surface area contributed by atoms with Crippen molar-refractivity contribution in [2.75, 3.05) is 0 Å². The van der Waals surface area contributed by atoms with E-state index in [4.69, 9.17) is 0 Å². The van der Waals surface area contributed by atoms with Crippen LogP contribution in [-0.4, -0.2) is 24.5 Å². The third-order valence-electron chi connectivity index (χ3n) is 3.38. The summed E-state index contributed by atoms with van der Waals surface area (Å²) in [6.07, 6.45) is 0. The molecule has 3 rings (SSSR count). The van der Waals surface area contributed by atoms with Gasteiger partial charge in [0.05, 0.1) is 17.3 Å². The van der Waals surface area contributed by atoms with Crippen LogP contribution in [0.15, 0.2) is 74.5 Å². The standard InChI is InChI=1S/C16H12N4O5S.2Na/c21-15-13(18-17-10-4-2-1-3-5-10)14(16(22)23)19-20(15)11-6-8-12(9-7-11)26(24)25;;/h1-9,19H,(H,22,23)(H,24,25);;/q;2*+1/p-2. The summed E-state index contributed by atoms with van der Waals surface area (Å²) >= 11 is -2.41. The molecule has 0 aliphatic rings. The molecule has 0 aliphatic carbocycles. The van der Waals surface area contributed by atoms with Crippen LogP contribution in [0.5, 0.6) is 0 Å². The van der Waals surface area contributed by atoms with Gasteiger partial charge in [-0.25, -0.2) is 4.68 Å². The summed E-state index contributed by atoms with van der Waals surface area (Å²) in [6, 6.07) is 13.7. The summed E-state index contributed by atoms with van der Waals surface area (Å²) in [5.41, 5.74) is -1.06. The van der Waals surface area contributed by atoms with Crippen molar-refractivity contribution in [1.82, 2.24) is 9.78 Å². The van der Waals surface area contributed by atoms with Crippen LogP contribution in [0, 0.1) is 0 Å². The van der Waals surface area contributed by atoms with Crippen molar-refractivity contribution >= 4 is 28.4 Å². The van der Waals surface area contributed by atoms with Crippen LogP contribution in [0.2, 0.25) is 0 Å². The summed E-state index contributed by atoms with van der Waals surface area (Å²) in [5.74, 6) is -1.62. The van der Waals surface area contributed by atoms with Crippen LogP contribution in [0.1, 0.15) is 10.5 Å². The Kier molecular flexibility index (Phi) is 9.67. The SMILES string of the molecule is O=C([O-])c1[nH]n(-c2ccc(S(=O)[O-])cc2)c(=O)c1N=Nc1ccccc1.[Na+].[Na+]. The number of carbonyl (C=O) groups excluding carboxylic acids is 1. The minimum Gasteiger partial charge on any atom is -0.768 e. The molecule has 1 aromatic heterocycles. The maximum absolute atomic E-state index is 12.5. The van der Waals surface area contributed by atoms with Crippen LogP contribution in [0.25, 0.3) is 5.69 Å². The molecule has 3 aromatic rings. The first kappa shape index (κ1) is 24.7. The fraction of sp³-hybridized carbons (Fsp3) is 0. The number of nitrogens with zero attached hydrogens (tertiary/aromatic N) is 3. The molecule has 1 unspecified atom stereocenters. The van der Waals surface area contributed by atoms with Crippen LogP contribution >= 0.6 is 0 Å². The summed E-state index contributed by atoms with van der Waals surface area (Å²) < 4.78 is 22.7. The normalized spacial score (nSPS) is 11.5. The van der Waals surface area contributed by atoms with Crippen molar-refractivity contribution < 1.29 is 77.8 Å². The monoisotopic (exact) mass is 416 g/mol. The smallest absolute Gasteiger partial charge is 0.768 e. The summed E-state index contributed by atoms with van der Waals surface area (Å²) in [6.45, 7) is 0. The van der Waals surface area contributed by atoms with E-state index < -0.39 is 34.0 Å². The zero-order valence-corrected chi connectivity index (χ0v) is 19.8. The number of carboxylic acid groups (broad SMARTS) is 1. The molecule has 1 heterocycles. The Morgan fingerprint density at radius 2 is 1.61 bits per heavy atom. The fourth-order valence-corrected chi connectivity index (χ4v) is 2.51. The van der Waals surface area contributed by atoms with Gasteiger partial charge in [-0.05, 0) is 47.5 Å². The van der Waals surface area contributed by atoms with Gasteiger partial charge in [0.15, 0.2) is 5.69 Å². The number of carbonyl (C=O) groups is 1. The van der Waals surface area contributed by atoms with Gasteiger partial charge in [0, 0.05) is 4.90 Å². The van der Waals surface area contributed by atoms with E-state index in [9.17, 15) is 23.5 Å². The number of azo groups is 1. The second-order valence-corrected chi connectivity index (χ2v) is 5.97. The summed E-state index contributed by atoms with van der Waals surface area (Å²) in [4.78, 5) is 23.8. The maximum Gasteiger partial charge on any atom is 1.00 e. The zero-order chi connectivity index (χ0) is 18.7. The largest absolute Gasteiger partial charge is 1.00 e. The molecule has 9 nitrogen and oxygen atoms in total.